The van der Waals surface area contributed by atoms with E-state index in [1.807, 2.05) is 0 Å². The first-order valence-corrected chi connectivity index (χ1v) is 13.0. The lowest BCUT2D eigenvalue weighted by molar-refractivity contribution is 0.140. The minimum absolute atomic E-state index is 0.0282. The fraction of sp³-hybridized carbons (Fsp3) is 0.500. The van der Waals surface area contributed by atoms with E-state index in [1.54, 1.807) is 0 Å². The van der Waals surface area contributed by atoms with Crippen LogP contribution < -0.4 is 16.3 Å². The first kappa shape index (κ1) is 24.5. The Bertz CT molecular complexity index is 1480. The van der Waals surface area contributed by atoms with E-state index in [1.165, 1.54) is 19.2 Å². The van der Waals surface area contributed by atoms with E-state index < -0.39 is 17.3 Å². The number of nitrogens with zero attached hydrogens (tertiary/aromatic N) is 7. The van der Waals surface area contributed by atoms with Crippen molar-refractivity contribution in [2.75, 3.05) is 10.6 Å². The number of benzene rings is 1. The Balaban J connectivity index is 1.25. The first-order valence-electron chi connectivity index (χ1n) is 13.0. The number of hydrogen-bond donors (Lipinski definition) is 2. The molecule has 200 valence electrons. The summed E-state index contributed by atoms with van der Waals surface area (Å²) >= 11 is 0. The molecule has 3 fully saturated rings. The second-order valence-corrected chi connectivity index (χ2v) is 11.2. The number of fused-ring (bicyclic) bond motifs is 1. The lowest BCUT2D eigenvalue weighted by atomic mass is 9.94. The quantitative estimate of drug-likeness (QED) is 0.500. The van der Waals surface area contributed by atoms with Crippen LogP contribution in [-0.4, -0.2) is 52.3 Å². The van der Waals surface area contributed by atoms with Gasteiger partial charge in [0.05, 0.1) is 17.6 Å². The number of hydrogen-bond acceptors (Lipinski definition) is 8. The van der Waals surface area contributed by atoms with E-state index in [4.69, 9.17) is 0 Å². The summed E-state index contributed by atoms with van der Waals surface area (Å²) in [4.78, 5) is 23.3. The standard InChI is InChI=1S/C26H31F2N9O/c1-14-9-16(10-17-7-8-26(2,3)36(14)17)30-23-20(28)13-29-24(32-23)31-21-12-22(37-25(38)35(4)33-34-37)18(11-19(21)27)15-5-6-15/h11-13,15-17H,1,5-10H2,2-4H3,(H2,29,30,31,32). The number of halogens is 2. The Morgan fingerprint density at radius 2 is 1.92 bits per heavy atom. The van der Waals surface area contributed by atoms with Crippen molar-refractivity contribution >= 4 is 17.5 Å². The molecule has 1 aromatic carbocycles. The molecule has 2 N–H and O–H groups in total. The molecule has 2 unspecified atom stereocenters. The van der Waals surface area contributed by atoms with Gasteiger partial charge in [-0.1, -0.05) is 6.58 Å². The van der Waals surface area contributed by atoms with E-state index in [0.29, 0.717) is 23.7 Å². The van der Waals surface area contributed by atoms with Gasteiger partial charge in [0.25, 0.3) is 0 Å². The SMILES string of the molecule is C=C1CC(Nc2nc(Nc3cc(-n4nnn(C)c4=O)c(C4CC4)cc3F)ncc2F)CC2CCC(C)(C)N12. The summed E-state index contributed by atoms with van der Waals surface area (Å²) in [7, 11) is 1.50. The summed E-state index contributed by atoms with van der Waals surface area (Å²) in [6.07, 6.45) is 6.57. The predicted octanol–water partition coefficient (Wildman–Crippen LogP) is 3.99. The molecular weight excluding hydrogens is 492 g/mol. The van der Waals surface area contributed by atoms with E-state index in [9.17, 15) is 9.18 Å². The Hall–Kier alpha value is -3.83. The van der Waals surface area contributed by atoms with Crippen molar-refractivity contribution in [2.24, 2.45) is 7.05 Å². The van der Waals surface area contributed by atoms with Crippen molar-refractivity contribution in [1.82, 2.24) is 34.7 Å². The number of aromatic nitrogens is 6. The van der Waals surface area contributed by atoms with E-state index >= 15 is 4.39 Å². The fourth-order valence-electron chi connectivity index (χ4n) is 5.96. The van der Waals surface area contributed by atoms with Crippen LogP contribution in [0.25, 0.3) is 5.69 Å². The Labute approximate surface area is 218 Å². The maximum Gasteiger partial charge on any atom is 0.368 e. The van der Waals surface area contributed by atoms with Crippen molar-refractivity contribution in [3.05, 3.63) is 58.3 Å². The number of piperidine rings is 1. The van der Waals surface area contributed by atoms with Gasteiger partial charge >= 0.3 is 5.69 Å². The highest BCUT2D eigenvalue weighted by molar-refractivity contribution is 5.62. The normalized spacial score (nSPS) is 22.4. The predicted molar refractivity (Wildman–Crippen MR) is 139 cm³/mol. The highest BCUT2D eigenvalue weighted by Crippen LogP contribution is 2.44. The van der Waals surface area contributed by atoms with Crippen LogP contribution >= 0.6 is 0 Å². The molecule has 0 bridgehead atoms. The average Bonchev–Trinajstić information content (AvgIpc) is 3.59. The zero-order chi connectivity index (χ0) is 26.8. The van der Waals surface area contributed by atoms with Crippen LogP contribution in [0.3, 0.4) is 0 Å². The van der Waals surface area contributed by atoms with Gasteiger partial charge in [-0.3, -0.25) is 0 Å². The minimum atomic E-state index is -0.591. The molecule has 38 heavy (non-hydrogen) atoms. The number of nitrogens with one attached hydrogen (secondary N) is 2. The highest BCUT2D eigenvalue weighted by atomic mass is 19.1. The van der Waals surface area contributed by atoms with Gasteiger partial charge in [0.1, 0.15) is 5.82 Å². The van der Waals surface area contributed by atoms with Crippen LogP contribution in [0, 0.1) is 11.6 Å². The van der Waals surface area contributed by atoms with Crippen LogP contribution in [0.2, 0.25) is 0 Å². The summed E-state index contributed by atoms with van der Waals surface area (Å²) in [6, 6.07) is 3.23. The minimum Gasteiger partial charge on any atom is -0.367 e. The van der Waals surface area contributed by atoms with Crippen LogP contribution in [0.15, 0.2) is 35.4 Å². The van der Waals surface area contributed by atoms with Crippen molar-refractivity contribution in [3.63, 3.8) is 0 Å². The number of tetrazole rings is 1. The molecule has 2 aliphatic heterocycles. The summed E-state index contributed by atoms with van der Waals surface area (Å²) in [6.45, 7) is 8.75. The molecular formula is C26H31F2N9O. The summed E-state index contributed by atoms with van der Waals surface area (Å²) in [5.41, 5.74) is 1.87. The van der Waals surface area contributed by atoms with Crippen LogP contribution in [-0.2, 0) is 7.05 Å². The summed E-state index contributed by atoms with van der Waals surface area (Å²) < 4.78 is 32.2. The molecule has 0 spiro atoms. The molecule has 1 saturated carbocycles. The molecule has 2 saturated heterocycles. The molecule has 1 aliphatic carbocycles. The van der Waals surface area contributed by atoms with Gasteiger partial charge in [-0.05, 0) is 80.0 Å². The number of aryl methyl sites for hydroxylation is 1. The molecule has 4 heterocycles. The van der Waals surface area contributed by atoms with E-state index in [-0.39, 0.29) is 35.0 Å². The third-order valence-electron chi connectivity index (χ3n) is 7.90. The van der Waals surface area contributed by atoms with Gasteiger partial charge in [-0.15, -0.1) is 0 Å². The second kappa shape index (κ2) is 8.88. The van der Waals surface area contributed by atoms with Gasteiger partial charge in [-0.2, -0.15) is 14.3 Å². The van der Waals surface area contributed by atoms with Crippen LogP contribution in [0.4, 0.5) is 26.2 Å². The Morgan fingerprint density at radius 1 is 1.13 bits per heavy atom. The maximum atomic E-state index is 15.2. The molecule has 2 aromatic heterocycles. The monoisotopic (exact) mass is 523 g/mol. The van der Waals surface area contributed by atoms with Gasteiger partial charge in [0.15, 0.2) is 11.6 Å². The molecule has 3 aliphatic rings. The second-order valence-electron chi connectivity index (χ2n) is 11.2. The first-order chi connectivity index (χ1) is 18.1. The number of rotatable bonds is 6. The lowest BCUT2D eigenvalue weighted by Crippen LogP contribution is -2.48. The third kappa shape index (κ3) is 4.31. The van der Waals surface area contributed by atoms with Crippen molar-refractivity contribution in [1.29, 1.82) is 0 Å². The molecule has 2 atom stereocenters. The largest absolute Gasteiger partial charge is 0.368 e. The van der Waals surface area contributed by atoms with Gasteiger partial charge < -0.3 is 15.5 Å². The van der Waals surface area contributed by atoms with Crippen molar-refractivity contribution < 1.29 is 8.78 Å². The summed E-state index contributed by atoms with van der Waals surface area (Å²) in [5.74, 6) is -0.879. The van der Waals surface area contributed by atoms with Crippen LogP contribution in [0.1, 0.15) is 63.9 Å². The molecule has 3 aromatic rings. The molecule has 10 nitrogen and oxygen atoms in total. The molecule has 12 heteroatoms. The molecule has 0 radical (unpaired) electrons. The van der Waals surface area contributed by atoms with E-state index in [2.05, 4.69) is 56.4 Å². The molecule has 6 rings (SSSR count). The topological polar surface area (TPSA) is 106 Å². The highest BCUT2D eigenvalue weighted by Gasteiger charge is 2.44. The smallest absolute Gasteiger partial charge is 0.367 e. The fourth-order valence-corrected chi connectivity index (χ4v) is 5.96. The Morgan fingerprint density at radius 3 is 2.63 bits per heavy atom. The Kier molecular flexibility index (Phi) is 5.73. The zero-order valence-corrected chi connectivity index (χ0v) is 21.7. The van der Waals surface area contributed by atoms with Gasteiger partial charge in [0.2, 0.25) is 5.95 Å². The van der Waals surface area contributed by atoms with Crippen molar-refractivity contribution in [3.8, 4) is 5.69 Å². The van der Waals surface area contributed by atoms with Crippen molar-refractivity contribution in [2.45, 2.75) is 75.9 Å². The lowest BCUT2D eigenvalue weighted by Gasteiger charge is -2.45. The van der Waals surface area contributed by atoms with E-state index in [0.717, 1.165) is 53.4 Å². The maximum absolute atomic E-state index is 15.2. The van der Waals surface area contributed by atoms with Gasteiger partial charge in [-0.25, -0.2) is 18.6 Å². The summed E-state index contributed by atoms with van der Waals surface area (Å²) in [5, 5.41) is 13.8. The molecule has 0 amide bonds. The zero-order valence-electron chi connectivity index (χ0n) is 21.7. The van der Waals surface area contributed by atoms with Gasteiger partial charge in [0, 0.05) is 36.8 Å². The third-order valence-corrected chi connectivity index (χ3v) is 7.90. The number of anilines is 3. The average molecular weight is 524 g/mol. The van der Waals surface area contributed by atoms with Crippen LogP contribution in [0.5, 0.6) is 0 Å².